The quantitative estimate of drug-likeness (QED) is 0.511. The fourth-order valence-corrected chi connectivity index (χ4v) is 5.65. The SMILES string of the molecule is Cc1ccccc1CN(C(=O)CN(c1cccc(Cl)c1C)S(C)(=O)=O)[C@@H](C)C(=O)NC1CCCCC1. The number of aryl methyl sites for hydroxylation is 1. The number of hydrogen-bond acceptors (Lipinski definition) is 4. The molecule has 196 valence electrons. The third-order valence-corrected chi connectivity index (χ3v) is 8.44. The number of benzene rings is 2. The first-order chi connectivity index (χ1) is 17.0. The van der Waals surface area contributed by atoms with E-state index in [4.69, 9.17) is 11.6 Å². The van der Waals surface area contributed by atoms with Gasteiger partial charge in [0, 0.05) is 17.6 Å². The highest BCUT2D eigenvalue weighted by molar-refractivity contribution is 7.92. The van der Waals surface area contributed by atoms with Crippen LogP contribution in [0.2, 0.25) is 5.02 Å². The first-order valence-electron chi connectivity index (χ1n) is 12.4. The average Bonchev–Trinajstić information content (AvgIpc) is 2.83. The average molecular weight is 534 g/mol. The molecular formula is C27H36ClN3O4S. The van der Waals surface area contributed by atoms with Crippen molar-refractivity contribution in [2.24, 2.45) is 0 Å². The molecule has 0 aliphatic heterocycles. The second kappa shape index (κ2) is 12.1. The van der Waals surface area contributed by atoms with Gasteiger partial charge in [-0.3, -0.25) is 13.9 Å². The lowest BCUT2D eigenvalue weighted by Gasteiger charge is -2.33. The number of nitrogens with one attached hydrogen (secondary N) is 1. The summed E-state index contributed by atoms with van der Waals surface area (Å²) in [7, 11) is -3.81. The molecule has 1 fully saturated rings. The van der Waals surface area contributed by atoms with Crippen molar-refractivity contribution in [3.63, 3.8) is 0 Å². The minimum Gasteiger partial charge on any atom is -0.352 e. The fraction of sp³-hybridized carbons (Fsp3) is 0.481. The van der Waals surface area contributed by atoms with Crippen LogP contribution < -0.4 is 9.62 Å². The fourth-order valence-electron chi connectivity index (χ4n) is 4.58. The third-order valence-electron chi connectivity index (χ3n) is 6.91. The van der Waals surface area contributed by atoms with E-state index in [1.807, 2.05) is 31.2 Å². The Labute approximate surface area is 219 Å². The second-order valence-electron chi connectivity index (χ2n) is 9.62. The molecule has 1 N–H and O–H groups in total. The van der Waals surface area contributed by atoms with Crippen molar-refractivity contribution >= 4 is 39.1 Å². The first-order valence-corrected chi connectivity index (χ1v) is 14.6. The van der Waals surface area contributed by atoms with Gasteiger partial charge in [-0.1, -0.05) is 61.2 Å². The van der Waals surface area contributed by atoms with Gasteiger partial charge in [0.2, 0.25) is 21.8 Å². The Kier molecular flexibility index (Phi) is 9.41. The minimum atomic E-state index is -3.81. The molecule has 1 aliphatic rings. The van der Waals surface area contributed by atoms with E-state index in [2.05, 4.69) is 5.32 Å². The Balaban J connectivity index is 1.91. The molecule has 0 saturated heterocycles. The summed E-state index contributed by atoms with van der Waals surface area (Å²) >= 11 is 6.25. The summed E-state index contributed by atoms with van der Waals surface area (Å²) in [5.74, 6) is -0.692. The lowest BCUT2D eigenvalue weighted by Crippen LogP contribution is -2.53. The van der Waals surface area contributed by atoms with E-state index in [1.165, 1.54) is 11.3 Å². The highest BCUT2D eigenvalue weighted by atomic mass is 35.5. The first kappa shape index (κ1) is 28.0. The van der Waals surface area contributed by atoms with Crippen molar-refractivity contribution in [2.45, 2.75) is 71.5 Å². The maximum Gasteiger partial charge on any atom is 0.244 e. The van der Waals surface area contributed by atoms with Gasteiger partial charge in [-0.25, -0.2) is 8.42 Å². The Morgan fingerprint density at radius 3 is 2.36 bits per heavy atom. The van der Waals surface area contributed by atoms with E-state index < -0.39 is 28.5 Å². The number of amides is 2. The molecule has 1 saturated carbocycles. The zero-order chi connectivity index (χ0) is 26.5. The molecule has 3 rings (SSSR count). The number of anilines is 1. The predicted molar refractivity (Wildman–Crippen MR) is 145 cm³/mol. The second-order valence-corrected chi connectivity index (χ2v) is 11.9. The van der Waals surface area contributed by atoms with Gasteiger partial charge in [0.05, 0.1) is 11.9 Å². The minimum absolute atomic E-state index is 0.103. The van der Waals surface area contributed by atoms with Crippen molar-refractivity contribution in [1.29, 1.82) is 0 Å². The summed E-state index contributed by atoms with van der Waals surface area (Å²) in [5, 5.41) is 3.51. The van der Waals surface area contributed by atoms with Gasteiger partial charge in [0.25, 0.3) is 0 Å². The summed E-state index contributed by atoms with van der Waals surface area (Å²) in [6, 6.07) is 11.9. The van der Waals surface area contributed by atoms with Gasteiger partial charge in [-0.15, -0.1) is 0 Å². The smallest absolute Gasteiger partial charge is 0.244 e. The van der Waals surface area contributed by atoms with Gasteiger partial charge in [-0.05, 0) is 62.4 Å². The van der Waals surface area contributed by atoms with Gasteiger partial charge in [0.1, 0.15) is 12.6 Å². The van der Waals surface area contributed by atoms with E-state index in [0.29, 0.717) is 16.3 Å². The molecule has 0 aromatic heterocycles. The predicted octanol–water partition coefficient (Wildman–Crippen LogP) is 4.59. The van der Waals surface area contributed by atoms with E-state index >= 15 is 0 Å². The molecule has 1 aliphatic carbocycles. The number of halogens is 1. The molecule has 0 bridgehead atoms. The number of rotatable bonds is 9. The molecule has 0 spiro atoms. The topological polar surface area (TPSA) is 86.8 Å². The molecule has 36 heavy (non-hydrogen) atoms. The van der Waals surface area contributed by atoms with Crippen LogP contribution in [0.15, 0.2) is 42.5 Å². The highest BCUT2D eigenvalue weighted by Gasteiger charge is 2.32. The van der Waals surface area contributed by atoms with Crippen LogP contribution in [0.25, 0.3) is 0 Å². The van der Waals surface area contributed by atoms with Crippen molar-refractivity contribution in [3.05, 3.63) is 64.2 Å². The summed E-state index contributed by atoms with van der Waals surface area (Å²) in [6.45, 7) is 5.11. The summed E-state index contributed by atoms with van der Waals surface area (Å²) in [5.41, 5.74) is 2.79. The normalized spacial score (nSPS) is 15.2. The monoisotopic (exact) mass is 533 g/mol. The molecule has 7 nitrogen and oxygen atoms in total. The maximum atomic E-state index is 13.7. The van der Waals surface area contributed by atoms with E-state index in [9.17, 15) is 18.0 Å². The molecule has 2 amide bonds. The molecule has 0 unspecified atom stereocenters. The van der Waals surface area contributed by atoms with Crippen LogP contribution in [0.3, 0.4) is 0 Å². The van der Waals surface area contributed by atoms with Crippen LogP contribution in [-0.2, 0) is 26.2 Å². The van der Waals surface area contributed by atoms with Crippen molar-refractivity contribution < 1.29 is 18.0 Å². The zero-order valence-corrected chi connectivity index (χ0v) is 23.0. The molecule has 2 aromatic carbocycles. The molecule has 0 radical (unpaired) electrons. The van der Waals surface area contributed by atoms with Crippen LogP contribution in [0.5, 0.6) is 0 Å². The van der Waals surface area contributed by atoms with Crippen molar-refractivity contribution in [1.82, 2.24) is 10.2 Å². The lowest BCUT2D eigenvalue weighted by molar-refractivity contribution is -0.139. The van der Waals surface area contributed by atoms with Crippen LogP contribution >= 0.6 is 11.6 Å². The van der Waals surface area contributed by atoms with E-state index in [1.54, 1.807) is 32.0 Å². The summed E-state index contributed by atoms with van der Waals surface area (Å²) in [6.07, 6.45) is 6.25. The Bertz CT molecular complexity index is 1200. The Morgan fingerprint density at radius 2 is 1.72 bits per heavy atom. The number of hydrogen-bond donors (Lipinski definition) is 1. The van der Waals surface area contributed by atoms with Gasteiger partial charge in [-0.2, -0.15) is 0 Å². The van der Waals surface area contributed by atoms with Crippen molar-refractivity contribution in [3.8, 4) is 0 Å². The Hall–Kier alpha value is -2.58. The highest BCUT2D eigenvalue weighted by Crippen LogP contribution is 2.28. The standard InChI is InChI=1S/C27H36ClN3O4S/c1-19-11-8-9-12-22(19)17-30(21(3)27(33)29-23-13-6-5-7-14-23)26(32)18-31(36(4,34)35)25-16-10-15-24(28)20(25)2/h8-12,15-16,21,23H,5-7,13-14,17-18H2,1-4H3,(H,29,33)/t21-/m0/s1. The lowest BCUT2D eigenvalue weighted by atomic mass is 9.95. The van der Waals surface area contributed by atoms with Crippen LogP contribution in [0.4, 0.5) is 5.69 Å². The van der Waals surface area contributed by atoms with E-state index in [0.717, 1.165) is 47.4 Å². The molecule has 1 atom stereocenters. The molecule has 0 heterocycles. The van der Waals surface area contributed by atoms with Crippen LogP contribution in [0, 0.1) is 13.8 Å². The largest absolute Gasteiger partial charge is 0.352 e. The van der Waals surface area contributed by atoms with E-state index in [-0.39, 0.29) is 18.5 Å². The van der Waals surface area contributed by atoms with Crippen LogP contribution in [0.1, 0.15) is 55.7 Å². The molecule has 9 heteroatoms. The maximum absolute atomic E-state index is 13.7. The van der Waals surface area contributed by atoms with Gasteiger partial charge in [0.15, 0.2) is 0 Å². The molecule has 2 aromatic rings. The van der Waals surface area contributed by atoms with Gasteiger partial charge >= 0.3 is 0 Å². The molecular weight excluding hydrogens is 498 g/mol. The number of carbonyl (C=O) groups is 2. The summed E-state index contributed by atoms with van der Waals surface area (Å²) in [4.78, 5) is 28.4. The zero-order valence-electron chi connectivity index (χ0n) is 21.5. The Morgan fingerprint density at radius 1 is 1.06 bits per heavy atom. The third kappa shape index (κ3) is 7.01. The summed E-state index contributed by atoms with van der Waals surface area (Å²) < 4.78 is 26.6. The van der Waals surface area contributed by atoms with Gasteiger partial charge < -0.3 is 10.2 Å². The number of sulfonamides is 1. The number of nitrogens with zero attached hydrogens (tertiary/aromatic N) is 2. The van der Waals surface area contributed by atoms with Crippen molar-refractivity contribution in [2.75, 3.05) is 17.1 Å². The number of carbonyl (C=O) groups excluding carboxylic acids is 2. The van der Waals surface area contributed by atoms with Crippen LogP contribution in [-0.4, -0.2) is 50.0 Å².